The number of aliphatic hydroxyl groups excluding tert-OH is 1. The summed E-state index contributed by atoms with van der Waals surface area (Å²) in [4.78, 5) is 31.0. The van der Waals surface area contributed by atoms with E-state index in [1.165, 1.54) is 212 Å². The molecule has 0 rings (SSSR count). The Bertz CT molecular complexity index is 880. The zero-order valence-corrected chi connectivity index (χ0v) is 38.2. The number of nitrogens with one attached hydrogen (secondary N) is 1. The Morgan fingerprint density at radius 2 is 0.786 bits per heavy atom. The number of amides is 1. The largest absolute Gasteiger partial charge is 0.469 e. The number of phosphoric acid groups is 1. The first-order valence-electron chi connectivity index (χ1n) is 24.6. The van der Waals surface area contributed by atoms with Gasteiger partial charge in [0.2, 0.25) is 5.91 Å². The van der Waals surface area contributed by atoms with E-state index < -0.39 is 26.6 Å². The van der Waals surface area contributed by atoms with Gasteiger partial charge in [-0.15, -0.1) is 0 Å². The zero-order chi connectivity index (χ0) is 41.1. The molecule has 334 valence electrons. The van der Waals surface area contributed by atoms with E-state index in [-0.39, 0.29) is 5.91 Å². The number of carbonyl (C=O) groups is 1. The van der Waals surface area contributed by atoms with Crippen molar-refractivity contribution in [1.82, 2.24) is 5.32 Å². The minimum absolute atomic E-state index is 0.220. The quantitative estimate of drug-likeness (QED) is 0.0276. The van der Waals surface area contributed by atoms with Crippen molar-refractivity contribution >= 4 is 13.7 Å². The molecule has 0 radical (unpaired) electrons. The lowest BCUT2D eigenvalue weighted by Crippen LogP contribution is -2.45. The molecule has 0 aromatic heterocycles. The Morgan fingerprint density at radius 1 is 0.500 bits per heavy atom. The topological polar surface area (TPSA) is 116 Å². The minimum atomic E-state index is -4.72. The maximum absolute atomic E-state index is 12.6. The highest BCUT2D eigenvalue weighted by Crippen LogP contribution is 2.36. The number of unbranched alkanes of at least 4 members (excludes halogenated alkanes) is 37. The third-order valence-electron chi connectivity index (χ3n) is 11.5. The van der Waals surface area contributed by atoms with E-state index in [2.05, 4.69) is 23.7 Å². The number of aliphatic hydroxyl groups is 1. The van der Waals surface area contributed by atoms with Crippen LogP contribution >= 0.6 is 7.82 Å². The number of carbonyl (C=O) groups excluding carboxylic acids is 1. The Kier molecular flexibility index (Phi) is 43.3. The molecular formula is C48H96NO6P. The summed E-state index contributed by atoms with van der Waals surface area (Å²) in [5.41, 5.74) is 0. The summed E-state index contributed by atoms with van der Waals surface area (Å²) >= 11 is 0. The molecule has 56 heavy (non-hydrogen) atoms. The molecule has 8 heteroatoms. The maximum atomic E-state index is 12.6. The van der Waals surface area contributed by atoms with Crippen molar-refractivity contribution < 1.29 is 28.8 Å². The summed E-state index contributed by atoms with van der Waals surface area (Å²) in [7, 11) is -4.72. The Labute approximate surface area is 348 Å². The van der Waals surface area contributed by atoms with E-state index in [1.54, 1.807) is 6.08 Å². The number of phosphoric ester groups is 1. The van der Waals surface area contributed by atoms with Crippen molar-refractivity contribution in [3.63, 3.8) is 0 Å². The highest BCUT2D eigenvalue weighted by Gasteiger charge is 2.24. The number of rotatable bonds is 46. The molecular weight excluding hydrogens is 718 g/mol. The van der Waals surface area contributed by atoms with Crippen LogP contribution in [0.5, 0.6) is 0 Å². The van der Waals surface area contributed by atoms with Gasteiger partial charge in [-0.05, 0) is 19.3 Å². The predicted octanol–water partition coefficient (Wildman–Crippen LogP) is 15.1. The molecule has 0 heterocycles. The van der Waals surface area contributed by atoms with Crippen LogP contribution in [0.25, 0.3) is 0 Å². The summed E-state index contributed by atoms with van der Waals surface area (Å²) < 4.78 is 16.0. The van der Waals surface area contributed by atoms with E-state index in [0.29, 0.717) is 6.42 Å². The SMILES string of the molecule is CCCCCCCCCCCCCCCCC/C=C/[C@@H](O)[C@H](COP(=O)(O)O)NC(=O)CCCCCCCCCCCCCCCCCCCCCCCCC. The van der Waals surface area contributed by atoms with Crippen molar-refractivity contribution in [3.05, 3.63) is 12.2 Å². The first-order chi connectivity index (χ1) is 27.3. The molecule has 0 spiro atoms. The fourth-order valence-electron chi connectivity index (χ4n) is 7.76. The molecule has 0 unspecified atom stereocenters. The molecule has 0 fully saturated rings. The van der Waals surface area contributed by atoms with Gasteiger partial charge < -0.3 is 20.2 Å². The van der Waals surface area contributed by atoms with Crippen LogP contribution in [0.4, 0.5) is 0 Å². The van der Waals surface area contributed by atoms with Crippen molar-refractivity contribution in [2.45, 2.75) is 283 Å². The Balaban J connectivity index is 3.82. The standard InChI is InChI=1S/C48H96NO6P/c1-3-5-7-9-11-13-15-17-19-21-22-23-24-25-26-28-30-32-34-36-38-40-42-44-48(51)49-46(45-55-56(52,53)54)47(50)43-41-39-37-35-33-31-29-27-20-18-16-14-12-10-8-6-4-2/h41,43,46-47,50H,3-40,42,44-45H2,1-2H3,(H,49,51)(H2,52,53,54)/b43-41+/t46-,47+/m0/s1. The van der Waals surface area contributed by atoms with E-state index in [9.17, 15) is 24.3 Å². The van der Waals surface area contributed by atoms with Gasteiger partial charge in [0.15, 0.2) is 0 Å². The lowest BCUT2D eigenvalue weighted by molar-refractivity contribution is -0.123. The average molecular weight is 814 g/mol. The van der Waals surface area contributed by atoms with E-state index in [0.717, 1.165) is 38.5 Å². The van der Waals surface area contributed by atoms with Crippen molar-refractivity contribution in [2.75, 3.05) is 6.61 Å². The molecule has 1 amide bonds. The summed E-state index contributed by atoms with van der Waals surface area (Å²) in [6, 6.07) is -0.906. The van der Waals surface area contributed by atoms with Gasteiger partial charge in [0, 0.05) is 6.42 Å². The van der Waals surface area contributed by atoms with Gasteiger partial charge in [0.05, 0.1) is 18.8 Å². The summed E-state index contributed by atoms with van der Waals surface area (Å²) in [6.45, 7) is 4.11. The Hall–Kier alpha value is -0.720. The second kappa shape index (κ2) is 43.8. The minimum Gasteiger partial charge on any atom is -0.387 e. The molecule has 0 aliphatic rings. The highest BCUT2D eigenvalue weighted by atomic mass is 31.2. The van der Waals surface area contributed by atoms with Crippen molar-refractivity contribution in [3.8, 4) is 0 Å². The lowest BCUT2D eigenvalue weighted by atomic mass is 10.0. The van der Waals surface area contributed by atoms with Gasteiger partial charge in [-0.25, -0.2) is 4.57 Å². The van der Waals surface area contributed by atoms with Crippen LogP contribution in [0, 0.1) is 0 Å². The normalized spacial score (nSPS) is 13.2. The first kappa shape index (κ1) is 55.3. The molecule has 2 atom stereocenters. The third kappa shape index (κ3) is 44.4. The molecule has 0 aromatic rings. The summed E-state index contributed by atoms with van der Waals surface area (Å²) in [6.07, 6.45) is 53.9. The van der Waals surface area contributed by atoms with Gasteiger partial charge >= 0.3 is 7.82 Å². The molecule has 0 saturated carbocycles. The van der Waals surface area contributed by atoms with Gasteiger partial charge in [0.1, 0.15) is 0 Å². The second-order valence-corrected chi connectivity index (χ2v) is 18.4. The smallest absolute Gasteiger partial charge is 0.387 e. The van der Waals surface area contributed by atoms with Crippen LogP contribution < -0.4 is 5.32 Å². The van der Waals surface area contributed by atoms with Gasteiger partial charge in [-0.2, -0.15) is 0 Å². The van der Waals surface area contributed by atoms with Gasteiger partial charge in [0.25, 0.3) is 0 Å². The molecule has 7 nitrogen and oxygen atoms in total. The fraction of sp³-hybridized carbons (Fsp3) is 0.938. The van der Waals surface area contributed by atoms with E-state index in [1.807, 2.05) is 6.08 Å². The maximum Gasteiger partial charge on any atom is 0.469 e. The molecule has 0 bridgehead atoms. The second-order valence-electron chi connectivity index (χ2n) is 17.1. The lowest BCUT2D eigenvalue weighted by Gasteiger charge is -2.22. The van der Waals surface area contributed by atoms with Crippen molar-refractivity contribution in [2.24, 2.45) is 0 Å². The fourth-order valence-corrected chi connectivity index (χ4v) is 8.11. The molecule has 0 saturated heterocycles. The zero-order valence-electron chi connectivity index (χ0n) is 37.3. The predicted molar refractivity (Wildman–Crippen MR) is 241 cm³/mol. The number of hydrogen-bond acceptors (Lipinski definition) is 4. The Morgan fingerprint density at radius 3 is 1.09 bits per heavy atom. The average Bonchev–Trinajstić information content (AvgIpc) is 3.17. The van der Waals surface area contributed by atoms with Crippen LogP contribution in [0.3, 0.4) is 0 Å². The molecule has 0 aromatic carbocycles. The molecule has 0 aliphatic heterocycles. The van der Waals surface area contributed by atoms with Gasteiger partial charge in [-0.3, -0.25) is 9.32 Å². The number of allylic oxidation sites excluding steroid dienone is 1. The van der Waals surface area contributed by atoms with E-state index >= 15 is 0 Å². The highest BCUT2D eigenvalue weighted by molar-refractivity contribution is 7.46. The summed E-state index contributed by atoms with van der Waals surface area (Å²) in [5.74, 6) is -0.220. The van der Waals surface area contributed by atoms with Crippen LogP contribution in [0.15, 0.2) is 12.2 Å². The summed E-state index contributed by atoms with van der Waals surface area (Å²) in [5, 5.41) is 13.5. The van der Waals surface area contributed by atoms with E-state index in [4.69, 9.17) is 0 Å². The van der Waals surface area contributed by atoms with Crippen LogP contribution in [0.2, 0.25) is 0 Å². The van der Waals surface area contributed by atoms with Crippen LogP contribution in [-0.4, -0.2) is 39.6 Å². The van der Waals surface area contributed by atoms with Crippen LogP contribution in [-0.2, 0) is 13.9 Å². The third-order valence-corrected chi connectivity index (χ3v) is 12.0. The first-order valence-corrected chi connectivity index (χ1v) is 26.2. The monoisotopic (exact) mass is 814 g/mol. The van der Waals surface area contributed by atoms with Crippen molar-refractivity contribution in [1.29, 1.82) is 0 Å². The van der Waals surface area contributed by atoms with Gasteiger partial charge in [-0.1, -0.05) is 257 Å². The number of hydrogen-bond donors (Lipinski definition) is 4. The molecule has 4 N–H and O–H groups in total. The molecule has 0 aliphatic carbocycles. The van der Waals surface area contributed by atoms with Crippen LogP contribution in [0.1, 0.15) is 271 Å².